The lowest BCUT2D eigenvalue weighted by molar-refractivity contribution is -0.0550. The van der Waals surface area contributed by atoms with Crippen molar-refractivity contribution in [3.63, 3.8) is 0 Å². The van der Waals surface area contributed by atoms with Crippen molar-refractivity contribution in [1.82, 2.24) is 38.2 Å². The minimum absolute atomic E-state index is 0. The van der Waals surface area contributed by atoms with Crippen LogP contribution in [0.15, 0.2) is 94.8 Å². The number of halogens is 1. The topological polar surface area (TPSA) is 499 Å². The number of anilines is 2. The Kier molecular flexibility index (Phi) is 45.2. The van der Waals surface area contributed by atoms with Crippen molar-refractivity contribution in [3.05, 3.63) is 141 Å². The zero-order valence-corrected chi connectivity index (χ0v) is 75.1. The van der Waals surface area contributed by atoms with Crippen LogP contribution in [0.5, 0.6) is 0 Å². The van der Waals surface area contributed by atoms with Gasteiger partial charge < -0.3 is 68.0 Å². The molecule has 5 aromatic rings. The molecule has 1 aromatic carbocycles. The van der Waals surface area contributed by atoms with Crippen LogP contribution in [0.2, 0.25) is 36.3 Å². The molecule has 16 atom stereocenters. The minimum atomic E-state index is -3.72. The van der Waals surface area contributed by atoms with E-state index in [2.05, 4.69) is 157 Å². The molecule has 4 aromatic heterocycles. The van der Waals surface area contributed by atoms with Crippen molar-refractivity contribution in [1.29, 1.82) is 0 Å². The highest BCUT2D eigenvalue weighted by Gasteiger charge is 2.51. The monoisotopic (exact) mass is 1760 g/mol. The third kappa shape index (κ3) is 29.3. The van der Waals surface area contributed by atoms with Crippen LogP contribution in [0.25, 0.3) is 0 Å². The fourth-order valence-electron chi connectivity index (χ4n) is 11.9. The summed E-state index contributed by atoms with van der Waals surface area (Å²) in [6.45, 7) is 43.6. The number of ether oxygens (including phenoxy) is 5. The molecule has 0 amide bonds. The summed E-state index contributed by atoms with van der Waals surface area (Å²) in [5.41, 5.74) is 2.97. The first-order valence-corrected chi connectivity index (χ1v) is 46.7. The summed E-state index contributed by atoms with van der Waals surface area (Å²) in [5, 5.41) is 73.9. The molecule has 0 saturated carbocycles. The molecule has 5 aliphatic rings. The van der Waals surface area contributed by atoms with Gasteiger partial charge in [0.05, 0.1) is 49.6 Å². The van der Waals surface area contributed by atoms with Crippen molar-refractivity contribution < 1.29 is 86.8 Å². The van der Waals surface area contributed by atoms with Gasteiger partial charge in [-0.25, -0.2) is 33.5 Å². The molecule has 9 heterocycles. The van der Waals surface area contributed by atoms with E-state index < -0.39 is 134 Å². The van der Waals surface area contributed by atoms with Crippen LogP contribution in [0.1, 0.15) is 203 Å². The number of nitrogens with one attached hydrogen (secondary N) is 4. The maximum absolute atomic E-state index is 12.4. The van der Waals surface area contributed by atoms with E-state index in [1.54, 1.807) is 11.7 Å². The molecule has 0 bridgehead atoms. The normalized spacial score (nSPS) is 25.0. The first-order chi connectivity index (χ1) is 52.6. The van der Waals surface area contributed by atoms with Crippen molar-refractivity contribution in [2.24, 2.45) is 17.7 Å². The highest BCUT2D eigenvalue weighted by atomic mass is 35.7. The van der Waals surface area contributed by atoms with Crippen molar-refractivity contribution >= 4 is 83.9 Å². The van der Waals surface area contributed by atoms with E-state index in [9.17, 15) is 57.6 Å². The number of hydrogen-bond donors (Lipinski definition) is 13. The summed E-state index contributed by atoms with van der Waals surface area (Å²) in [6.07, 6.45) is -1.11. The fraction of sp³-hybridized carbons (Fsp3) is 0.699. The minimum Gasteiger partial charge on any atom is -0.409 e. The predicted octanol–water partition coefficient (Wildman–Crippen LogP) is 7.08. The lowest BCUT2D eigenvalue weighted by atomic mass is 9.89. The van der Waals surface area contributed by atoms with Crippen LogP contribution in [-0.4, -0.2) is 199 Å². The standard InChI is InChI=1S/C17H31N3O4Si.C17H30N2O4Si.C15H23ClO2S.C9H13N3O6.C9H12N2O6.C4H8O.CH5NO.CH4.S2.H2S/c1-8-12-11(2)14(24-25(6,7)17(3,4)5)15(23-12)20-10-9-13(19-22)18-16(20)21;1-8-12-11(2)14(23-24(6,7)17(3,4)5)15(22-12)19-10-9-13(20)18-16(19)21;1-9(2)12-7-13(10(3)4)15(19(16,17)18)14(8-12)11(5)6;13-3-4-6(14)7(15)8(18-4)12-2-1-5(11-17)10-9(12)16;12-3-4-6(14)7(15)8(17-4)11-2-1-5(13)10-9(11)16;1-2-4-5-3-1;1-3-2;;1-2;/h9-12,14-15,22H,8H2,1-7H3,(H,18,19,21);9-12,14-15H,8H2,1-7H3,(H,18,20,21);7-11H,1-6H3;1-2,4,6-8,13-15,17H,3H2,(H,10,11,16);1-2,4,6-8,12,14-15H,3H2,(H,10,13,16);1-4H2;2H2,1H3;1H4;;1H2/t2*11-,12+,14?,15+;;2*4-,6+,7?,8-;;;;;/m00.11...../s1. The van der Waals surface area contributed by atoms with Crippen LogP contribution in [0, 0.1) is 11.8 Å². The van der Waals surface area contributed by atoms with E-state index >= 15 is 0 Å². The maximum atomic E-state index is 12.4. The van der Waals surface area contributed by atoms with Gasteiger partial charge in [-0.05, 0) is 109 Å². The molecule has 5 saturated heterocycles. The van der Waals surface area contributed by atoms with Gasteiger partial charge in [0.15, 0.2) is 53.2 Å². The average Bonchev–Trinajstić information content (AvgIpc) is 1.13. The number of H-pyrrole nitrogens is 2. The third-order valence-electron chi connectivity index (χ3n) is 20.6. The SMILES string of the molecule is C.C1CCOC1.CC(C)c1cc(C(C)C)c(S(=O)(=O)Cl)c(C(C)C)c1.CC[C@H]1O[C@@H](n2ccc(=O)[nH]c2=O)C(O[Si](C)(C)C(C)(C)C)[C@H]1C.CC[C@H]1O[C@@H](n2ccc(NO)nc2=O)C(O[Si](C)(C)C(C)(C)C)[C@H]1C.CON.O=c1ccn([C@@H]2O[C@H](CO)[C@H](O)C2O)c(=O)[nH]1.O=c1nc(NO)ccn1[C@@H]1O[C@H](CO)[C@H](O)C1O.S.S=S. The number of aliphatic hydroxyl groups is 6. The van der Waals surface area contributed by atoms with Gasteiger partial charge in [0.1, 0.15) is 36.6 Å². The number of benzene rings is 1. The largest absolute Gasteiger partial charge is 0.409 e. The second-order valence-electron chi connectivity index (χ2n) is 31.6. The van der Waals surface area contributed by atoms with Gasteiger partial charge in [0.25, 0.3) is 20.2 Å². The number of nitrogens with zero attached hydrogens (tertiary/aromatic N) is 6. The highest BCUT2D eigenvalue weighted by Crippen LogP contribution is 2.46. The third-order valence-corrected chi connectivity index (χ3v) is 30.9. The fourth-order valence-corrected chi connectivity index (χ4v) is 16.4. The molecule has 115 heavy (non-hydrogen) atoms. The van der Waals surface area contributed by atoms with E-state index in [4.69, 9.17) is 63.8 Å². The first-order valence-electron chi connectivity index (χ1n) is 37.2. The van der Waals surface area contributed by atoms with Gasteiger partial charge >= 0.3 is 22.8 Å². The lowest BCUT2D eigenvalue weighted by Crippen LogP contribution is -2.47. The zero-order chi connectivity index (χ0) is 86.3. The van der Waals surface area contributed by atoms with Gasteiger partial charge in [0.2, 0.25) is 0 Å². The summed E-state index contributed by atoms with van der Waals surface area (Å²) >= 11 is 7.33. The molecule has 5 fully saturated rings. The summed E-state index contributed by atoms with van der Waals surface area (Å²) in [7, 11) is -0.717. The molecular weight excluding hydrogens is 1630 g/mol. The Labute approximate surface area is 696 Å². The van der Waals surface area contributed by atoms with Crippen molar-refractivity contribution in [2.45, 2.75) is 289 Å². The Morgan fingerprint density at radius 3 is 1.17 bits per heavy atom. The maximum Gasteiger partial charge on any atom is 0.351 e. The first kappa shape index (κ1) is 108. The molecule has 658 valence electrons. The molecule has 10 rings (SSSR count). The van der Waals surface area contributed by atoms with Gasteiger partial charge in [-0.15, -0.1) is 0 Å². The average molecular weight is 1760 g/mol. The van der Waals surface area contributed by atoms with Crippen LogP contribution in [0.4, 0.5) is 11.6 Å². The Hall–Kier alpha value is -5.28. The summed E-state index contributed by atoms with van der Waals surface area (Å²) in [6, 6.07) is 9.23. The molecule has 42 heteroatoms. The predicted molar refractivity (Wildman–Crippen MR) is 452 cm³/mol. The number of rotatable bonds is 18. The van der Waals surface area contributed by atoms with E-state index in [0.717, 1.165) is 64.1 Å². The van der Waals surface area contributed by atoms with E-state index in [1.165, 1.54) is 59.7 Å². The van der Waals surface area contributed by atoms with Crippen LogP contribution >= 0.6 is 24.2 Å². The Morgan fingerprint density at radius 2 is 0.904 bits per heavy atom. The summed E-state index contributed by atoms with van der Waals surface area (Å²) < 4.78 is 69.5. The molecule has 4 unspecified atom stereocenters. The van der Waals surface area contributed by atoms with Crippen molar-refractivity contribution in [2.75, 3.05) is 44.5 Å². The van der Waals surface area contributed by atoms with E-state index in [-0.39, 0.29) is 90.7 Å². The number of nitrogens with two attached hydrogens (primary N) is 1. The quantitative estimate of drug-likeness (QED) is 0.0236. The Balaban J connectivity index is 0.000000698. The number of aromatic nitrogens is 8. The highest BCUT2D eigenvalue weighted by molar-refractivity contribution is 8.13. The van der Waals surface area contributed by atoms with Gasteiger partial charge in [-0.3, -0.25) is 59.2 Å². The Bertz CT molecular complexity index is 4220. The molecule has 0 aliphatic carbocycles. The second-order valence-corrected chi connectivity index (χ2v) is 43.6. The molecule has 14 N–H and O–H groups in total. The second kappa shape index (κ2) is 48.2. The van der Waals surface area contributed by atoms with Gasteiger partial charge in [0, 0.05) is 95.0 Å². The smallest absolute Gasteiger partial charge is 0.351 e. The van der Waals surface area contributed by atoms with Gasteiger partial charge in [-0.1, -0.05) is 130 Å². The molecular formula is C73H128ClN11O24S4Si2. The lowest BCUT2D eigenvalue weighted by Gasteiger charge is -2.40. The van der Waals surface area contributed by atoms with Crippen LogP contribution in [-0.2, 0) is 68.8 Å². The molecule has 0 radical (unpaired) electrons. The summed E-state index contributed by atoms with van der Waals surface area (Å²) in [4.78, 5) is 85.5. The number of aromatic amines is 2. The molecule has 5 aliphatic heterocycles. The number of aliphatic hydroxyl groups excluding tert-OH is 6. The van der Waals surface area contributed by atoms with Crippen molar-refractivity contribution in [3.8, 4) is 0 Å². The van der Waals surface area contributed by atoms with Crippen LogP contribution < -0.4 is 50.7 Å². The van der Waals surface area contributed by atoms with E-state index in [0.29, 0.717) is 10.8 Å². The number of hydrogen-bond acceptors (Lipinski definition) is 31. The van der Waals surface area contributed by atoms with Gasteiger partial charge in [-0.2, -0.15) is 23.5 Å². The molecule has 0 spiro atoms. The summed E-state index contributed by atoms with van der Waals surface area (Å²) in [5.74, 6) is 5.37. The van der Waals surface area contributed by atoms with Crippen LogP contribution in [0.3, 0.4) is 0 Å². The Morgan fingerprint density at radius 1 is 0.591 bits per heavy atom. The van der Waals surface area contributed by atoms with E-state index in [1.807, 2.05) is 50.3 Å². The molecule has 35 nitrogen and oxygen atoms in total. The zero-order valence-electron chi connectivity index (χ0n) is 68.9.